The van der Waals surface area contributed by atoms with Crippen LogP contribution in [0.25, 0.3) is 22.1 Å². The second-order valence-corrected chi connectivity index (χ2v) is 10.9. The van der Waals surface area contributed by atoms with Crippen LogP contribution in [0.3, 0.4) is 0 Å². The average Bonchev–Trinajstić information content (AvgIpc) is 3.49. The molecule has 2 aliphatic heterocycles. The normalized spacial score (nSPS) is 20.0. The van der Waals surface area contributed by atoms with E-state index in [2.05, 4.69) is 44.3 Å². The Morgan fingerprint density at radius 2 is 1.84 bits per heavy atom. The van der Waals surface area contributed by atoms with E-state index < -0.39 is 0 Å². The summed E-state index contributed by atoms with van der Waals surface area (Å²) >= 11 is 0. The van der Waals surface area contributed by atoms with Gasteiger partial charge >= 0.3 is 0 Å². The number of para-hydroxylation sites is 1. The lowest BCUT2D eigenvalue weighted by molar-refractivity contribution is 0.187. The third-order valence-corrected chi connectivity index (χ3v) is 9.00. The molecule has 5 heterocycles. The van der Waals surface area contributed by atoms with Crippen LogP contribution in [0.15, 0.2) is 65.6 Å². The lowest BCUT2D eigenvalue weighted by atomic mass is 9.73. The Labute approximate surface area is 218 Å². The van der Waals surface area contributed by atoms with Crippen molar-refractivity contribution in [3.63, 3.8) is 0 Å². The summed E-state index contributed by atoms with van der Waals surface area (Å²) in [5, 5.41) is 8.79. The van der Waals surface area contributed by atoms with Gasteiger partial charge < -0.3 is 20.1 Å². The summed E-state index contributed by atoms with van der Waals surface area (Å²) < 4.78 is 1.84. The Balaban J connectivity index is 1.08. The number of H-pyrrole nitrogens is 1. The van der Waals surface area contributed by atoms with Crippen LogP contribution in [0.1, 0.15) is 30.0 Å². The topological polar surface area (TPSA) is 109 Å². The number of hydrogen-bond acceptors (Lipinski definition) is 7. The van der Waals surface area contributed by atoms with E-state index >= 15 is 0 Å². The highest BCUT2D eigenvalue weighted by Gasteiger charge is 2.46. The first kappa shape index (κ1) is 21.8. The van der Waals surface area contributed by atoms with Crippen LogP contribution in [0, 0.1) is 5.41 Å². The Kier molecular flexibility index (Phi) is 4.52. The largest absolute Gasteiger partial charge is 0.355 e. The van der Waals surface area contributed by atoms with E-state index in [1.54, 1.807) is 6.07 Å². The fourth-order valence-electron chi connectivity index (χ4n) is 6.93. The quantitative estimate of drug-likeness (QED) is 0.378. The van der Waals surface area contributed by atoms with Crippen LogP contribution >= 0.6 is 0 Å². The Morgan fingerprint density at radius 3 is 2.71 bits per heavy atom. The van der Waals surface area contributed by atoms with E-state index in [1.807, 2.05) is 35.0 Å². The molecule has 0 radical (unpaired) electrons. The number of nitrogens with two attached hydrogens (primary N) is 1. The molecule has 1 atom stereocenters. The van der Waals surface area contributed by atoms with Crippen molar-refractivity contribution < 1.29 is 0 Å². The number of pyridine rings is 1. The minimum Gasteiger partial charge on any atom is -0.355 e. The minimum absolute atomic E-state index is 0.0201. The number of anilines is 3. The van der Waals surface area contributed by atoms with Gasteiger partial charge in [-0.1, -0.05) is 36.4 Å². The molecule has 0 bridgehead atoms. The number of fused-ring (bicyclic) bond motifs is 2. The molecule has 3 aliphatic rings. The van der Waals surface area contributed by atoms with Gasteiger partial charge in [0.1, 0.15) is 5.82 Å². The maximum atomic E-state index is 12.5. The van der Waals surface area contributed by atoms with Crippen LogP contribution < -0.4 is 21.1 Å². The monoisotopic (exact) mass is 504 g/mol. The second kappa shape index (κ2) is 7.88. The van der Waals surface area contributed by atoms with Crippen molar-refractivity contribution in [1.82, 2.24) is 24.7 Å². The summed E-state index contributed by atoms with van der Waals surface area (Å²) in [4.78, 5) is 26.7. The zero-order chi connectivity index (χ0) is 25.4. The van der Waals surface area contributed by atoms with Gasteiger partial charge in [0.05, 0.1) is 17.4 Å². The highest BCUT2D eigenvalue weighted by atomic mass is 16.1. The number of aromatic nitrogens is 5. The first-order chi connectivity index (χ1) is 18.6. The molecule has 1 aliphatic carbocycles. The average molecular weight is 505 g/mol. The van der Waals surface area contributed by atoms with E-state index in [0.29, 0.717) is 18.7 Å². The van der Waals surface area contributed by atoms with Gasteiger partial charge in [-0.15, -0.1) is 0 Å². The van der Waals surface area contributed by atoms with E-state index in [4.69, 9.17) is 15.7 Å². The lowest BCUT2D eigenvalue weighted by Crippen LogP contribution is -2.44. The minimum atomic E-state index is 0.0201. The number of hydrogen-bond donors (Lipinski definition) is 2. The molecule has 1 spiro atoms. The number of aromatic amines is 1. The number of nitrogens with zero attached hydrogens (tertiary/aromatic N) is 6. The SMILES string of the molecule is NC1c2ccccc2CC12CCN(c1cnc3c(N4CCn5c(=O)ccc6cccc4c65)n[nH]c3n1)CC2. The van der Waals surface area contributed by atoms with Crippen molar-refractivity contribution in [2.24, 2.45) is 11.1 Å². The molecular weight excluding hydrogens is 476 g/mol. The third kappa shape index (κ3) is 3.02. The molecule has 190 valence electrons. The van der Waals surface area contributed by atoms with Crippen molar-refractivity contribution in [2.75, 3.05) is 29.4 Å². The highest BCUT2D eigenvalue weighted by Crippen LogP contribution is 2.51. The first-order valence-electron chi connectivity index (χ1n) is 13.3. The Bertz CT molecular complexity index is 1780. The maximum absolute atomic E-state index is 12.5. The van der Waals surface area contributed by atoms with Crippen molar-refractivity contribution >= 4 is 39.4 Å². The molecule has 9 heteroatoms. The van der Waals surface area contributed by atoms with Gasteiger partial charge in [0.2, 0.25) is 0 Å². The van der Waals surface area contributed by atoms with Crippen LogP contribution in [-0.2, 0) is 13.0 Å². The summed E-state index contributed by atoms with van der Waals surface area (Å²) in [5.41, 5.74) is 12.9. The van der Waals surface area contributed by atoms with Gasteiger partial charge in [0, 0.05) is 43.7 Å². The van der Waals surface area contributed by atoms with Gasteiger partial charge in [-0.05, 0) is 47.9 Å². The summed E-state index contributed by atoms with van der Waals surface area (Å²) in [6.07, 6.45) is 5.00. The van der Waals surface area contributed by atoms with Crippen molar-refractivity contribution in [2.45, 2.75) is 31.8 Å². The smallest absolute Gasteiger partial charge is 0.251 e. The summed E-state index contributed by atoms with van der Waals surface area (Å²) in [5.74, 6) is 1.60. The first-order valence-corrected chi connectivity index (χ1v) is 13.3. The van der Waals surface area contributed by atoms with E-state index in [0.717, 1.165) is 66.1 Å². The van der Waals surface area contributed by atoms with Crippen molar-refractivity contribution in [3.8, 4) is 0 Å². The molecular formula is C29H28N8O. The van der Waals surface area contributed by atoms with Gasteiger partial charge in [-0.2, -0.15) is 5.10 Å². The van der Waals surface area contributed by atoms with Crippen LogP contribution in [0.4, 0.5) is 17.3 Å². The molecule has 1 fully saturated rings. The number of piperidine rings is 1. The molecule has 5 aromatic rings. The molecule has 8 rings (SSSR count). The van der Waals surface area contributed by atoms with E-state index in [9.17, 15) is 4.79 Å². The predicted molar refractivity (Wildman–Crippen MR) is 148 cm³/mol. The highest BCUT2D eigenvalue weighted by molar-refractivity contribution is 5.97. The molecule has 3 N–H and O–H groups in total. The van der Waals surface area contributed by atoms with Gasteiger partial charge in [0.25, 0.3) is 5.56 Å². The fourth-order valence-corrected chi connectivity index (χ4v) is 6.93. The van der Waals surface area contributed by atoms with Crippen LogP contribution in [-0.4, -0.2) is 44.4 Å². The molecule has 1 unspecified atom stereocenters. The van der Waals surface area contributed by atoms with Gasteiger partial charge in [0.15, 0.2) is 17.0 Å². The molecule has 2 aromatic carbocycles. The fraction of sp³-hybridized carbons (Fsp3) is 0.310. The predicted octanol–water partition coefficient (Wildman–Crippen LogP) is 3.66. The van der Waals surface area contributed by atoms with Crippen molar-refractivity contribution in [3.05, 3.63) is 82.3 Å². The number of rotatable bonds is 2. The molecule has 0 amide bonds. The van der Waals surface area contributed by atoms with Crippen LogP contribution in [0.2, 0.25) is 0 Å². The van der Waals surface area contributed by atoms with Crippen LogP contribution in [0.5, 0.6) is 0 Å². The molecule has 3 aromatic heterocycles. The number of benzene rings is 2. The molecule has 0 saturated carbocycles. The summed E-state index contributed by atoms with van der Waals surface area (Å²) in [6, 6.07) is 18.3. The third-order valence-electron chi connectivity index (χ3n) is 9.00. The Hall–Kier alpha value is -4.24. The molecule has 38 heavy (non-hydrogen) atoms. The van der Waals surface area contributed by atoms with E-state index in [1.165, 1.54) is 11.1 Å². The second-order valence-electron chi connectivity index (χ2n) is 10.9. The zero-order valence-corrected chi connectivity index (χ0v) is 21.0. The Morgan fingerprint density at radius 1 is 0.974 bits per heavy atom. The molecule has 1 saturated heterocycles. The summed E-state index contributed by atoms with van der Waals surface area (Å²) in [7, 11) is 0. The maximum Gasteiger partial charge on any atom is 0.251 e. The molecule has 9 nitrogen and oxygen atoms in total. The standard InChI is InChI=1S/C29H28N8O/c30-26-20-6-2-1-4-19(20)16-29(26)10-12-35(13-11-29)22-17-31-24-27(32-22)33-34-28(24)36-14-15-37-23(38)9-8-18-5-3-7-21(36)25(18)37/h1-9,17,26H,10-16,30H2,(H,32,33,34). The van der Waals surface area contributed by atoms with Crippen molar-refractivity contribution in [1.29, 1.82) is 0 Å². The zero-order valence-electron chi connectivity index (χ0n) is 21.0. The number of nitrogens with one attached hydrogen (secondary N) is 1. The lowest BCUT2D eigenvalue weighted by Gasteiger charge is -2.42. The van der Waals surface area contributed by atoms with E-state index in [-0.39, 0.29) is 17.0 Å². The summed E-state index contributed by atoms with van der Waals surface area (Å²) in [6.45, 7) is 3.04. The van der Waals surface area contributed by atoms with Gasteiger partial charge in [-0.25, -0.2) is 9.97 Å². The van der Waals surface area contributed by atoms with Gasteiger partial charge in [-0.3, -0.25) is 9.89 Å².